The van der Waals surface area contributed by atoms with E-state index in [1.807, 2.05) is 33.8 Å². The molecule has 0 aromatic carbocycles. The topological polar surface area (TPSA) is 51.2 Å². The van der Waals surface area contributed by atoms with Gasteiger partial charge in [-0.15, -0.1) is 0 Å². The zero-order valence-electron chi connectivity index (χ0n) is 13.9. The second kappa shape index (κ2) is 6.50. The van der Waals surface area contributed by atoms with E-state index in [2.05, 4.69) is 0 Å². The van der Waals surface area contributed by atoms with E-state index in [1.54, 1.807) is 19.9 Å². The summed E-state index contributed by atoms with van der Waals surface area (Å²) in [5, 5.41) is 0. The SMILES string of the molecule is CC(C)=CCC(=O)[C@@]1(C)C=C(C(=O)CC(C)C)C(=O)C1C. The highest BCUT2D eigenvalue weighted by Crippen LogP contribution is 2.41. The van der Waals surface area contributed by atoms with E-state index in [0.717, 1.165) is 5.57 Å². The van der Waals surface area contributed by atoms with Crippen LogP contribution in [-0.4, -0.2) is 17.3 Å². The third-order valence-corrected chi connectivity index (χ3v) is 4.19. The van der Waals surface area contributed by atoms with Crippen LogP contribution in [0.3, 0.4) is 0 Å². The molecule has 0 saturated heterocycles. The molecule has 1 unspecified atom stereocenters. The van der Waals surface area contributed by atoms with Crippen LogP contribution in [0.5, 0.6) is 0 Å². The van der Waals surface area contributed by atoms with Gasteiger partial charge >= 0.3 is 0 Å². The van der Waals surface area contributed by atoms with Crippen LogP contribution in [0.1, 0.15) is 54.4 Å². The smallest absolute Gasteiger partial charge is 0.170 e. The molecule has 3 heteroatoms. The summed E-state index contributed by atoms with van der Waals surface area (Å²) in [5.74, 6) is -0.581. The van der Waals surface area contributed by atoms with Gasteiger partial charge in [-0.05, 0) is 26.7 Å². The first kappa shape index (κ1) is 17.5. The molecule has 0 N–H and O–H groups in total. The summed E-state index contributed by atoms with van der Waals surface area (Å²) in [6, 6.07) is 0. The van der Waals surface area contributed by atoms with E-state index in [4.69, 9.17) is 0 Å². The lowest BCUT2D eigenvalue weighted by molar-refractivity contribution is -0.132. The molecule has 0 fully saturated rings. The molecule has 0 amide bonds. The monoisotopic (exact) mass is 290 g/mol. The van der Waals surface area contributed by atoms with Crippen LogP contribution in [0.25, 0.3) is 0 Å². The van der Waals surface area contributed by atoms with Crippen molar-refractivity contribution in [2.75, 3.05) is 0 Å². The first-order chi connectivity index (χ1) is 9.59. The van der Waals surface area contributed by atoms with Gasteiger partial charge in [0, 0.05) is 18.8 Å². The summed E-state index contributed by atoms with van der Waals surface area (Å²) in [4.78, 5) is 37.0. The number of allylic oxidation sites excluding steroid dienone is 4. The van der Waals surface area contributed by atoms with Gasteiger partial charge in [-0.3, -0.25) is 14.4 Å². The van der Waals surface area contributed by atoms with Gasteiger partial charge in [0.25, 0.3) is 0 Å². The maximum atomic E-state index is 12.5. The molecule has 1 aliphatic rings. The minimum Gasteiger partial charge on any atom is -0.298 e. The standard InChI is InChI=1S/C18H26O3/c1-11(2)7-8-16(20)18(6)10-14(17(21)13(18)5)15(19)9-12(3)4/h7,10,12-13H,8-9H2,1-6H3/t13?,18-/m0/s1. The van der Waals surface area contributed by atoms with Crippen LogP contribution in [0.4, 0.5) is 0 Å². The fourth-order valence-corrected chi connectivity index (χ4v) is 2.54. The Bertz CT molecular complexity index is 519. The molecule has 0 saturated carbocycles. The van der Waals surface area contributed by atoms with E-state index in [-0.39, 0.29) is 28.8 Å². The van der Waals surface area contributed by atoms with Crippen LogP contribution in [0.15, 0.2) is 23.3 Å². The Morgan fingerprint density at radius 1 is 1.33 bits per heavy atom. The third-order valence-electron chi connectivity index (χ3n) is 4.19. The molecular weight excluding hydrogens is 264 g/mol. The maximum absolute atomic E-state index is 12.5. The van der Waals surface area contributed by atoms with Crippen LogP contribution < -0.4 is 0 Å². The average molecular weight is 290 g/mol. The van der Waals surface area contributed by atoms with Gasteiger partial charge in [-0.2, -0.15) is 0 Å². The van der Waals surface area contributed by atoms with E-state index < -0.39 is 11.3 Å². The molecule has 0 spiro atoms. The second-order valence-corrected chi connectivity index (χ2v) is 6.86. The van der Waals surface area contributed by atoms with Gasteiger partial charge in [-0.25, -0.2) is 0 Å². The van der Waals surface area contributed by atoms with E-state index >= 15 is 0 Å². The van der Waals surface area contributed by atoms with Crippen molar-refractivity contribution in [2.24, 2.45) is 17.3 Å². The lowest BCUT2D eigenvalue weighted by atomic mass is 9.76. The number of carbonyl (C=O) groups is 3. The highest BCUT2D eigenvalue weighted by Gasteiger charge is 2.47. The molecule has 3 nitrogen and oxygen atoms in total. The van der Waals surface area contributed by atoms with E-state index in [0.29, 0.717) is 12.8 Å². The van der Waals surface area contributed by atoms with Crippen molar-refractivity contribution < 1.29 is 14.4 Å². The zero-order chi connectivity index (χ0) is 16.4. The second-order valence-electron chi connectivity index (χ2n) is 6.86. The predicted octanol–water partition coefficient (Wildman–Crippen LogP) is 3.68. The lowest BCUT2D eigenvalue weighted by Gasteiger charge is -2.24. The van der Waals surface area contributed by atoms with Gasteiger partial charge in [-0.1, -0.05) is 38.5 Å². The molecular formula is C18H26O3. The fraction of sp³-hybridized carbons (Fsp3) is 0.611. The van der Waals surface area contributed by atoms with Crippen molar-refractivity contribution in [1.29, 1.82) is 0 Å². The first-order valence-electron chi connectivity index (χ1n) is 7.56. The van der Waals surface area contributed by atoms with Crippen molar-refractivity contribution >= 4 is 17.3 Å². The van der Waals surface area contributed by atoms with Gasteiger partial charge in [0.15, 0.2) is 11.6 Å². The average Bonchev–Trinajstić information content (AvgIpc) is 2.61. The summed E-state index contributed by atoms with van der Waals surface area (Å²) in [7, 11) is 0. The summed E-state index contributed by atoms with van der Waals surface area (Å²) in [6.07, 6.45) is 4.14. The van der Waals surface area contributed by atoms with Crippen molar-refractivity contribution in [1.82, 2.24) is 0 Å². The maximum Gasteiger partial charge on any atom is 0.170 e. The van der Waals surface area contributed by atoms with E-state index in [9.17, 15) is 14.4 Å². The molecule has 1 aliphatic carbocycles. The van der Waals surface area contributed by atoms with Crippen LogP contribution in [0.2, 0.25) is 0 Å². The number of rotatable bonds is 6. The Kier molecular flexibility index (Phi) is 5.43. The van der Waals surface area contributed by atoms with Gasteiger partial charge in [0.2, 0.25) is 0 Å². The van der Waals surface area contributed by atoms with Gasteiger partial charge in [0.1, 0.15) is 5.78 Å². The Hall–Kier alpha value is -1.51. The Balaban J connectivity index is 3.05. The first-order valence-corrected chi connectivity index (χ1v) is 7.56. The number of Topliss-reactive ketones (excluding diaryl/α,β-unsaturated/α-hetero) is 3. The third kappa shape index (κ3) is 3.78. The summed E-state index contributed by atoms with van der Waals surface area (Å²) >= 11 is 0. The molecule has 0 radical (unpaired) electrons. The van der Waals surface area contributed by atoms with Crippen molar-refractivity contribution in [3.05, 3.63) is 23.3 Å². The minimum absolute atomic E-state index is 0.00287. The van der Waals surface area contributed by atoms with Crippen molar-refractivity contribution in [3.8, 4) is 0 Å². The number of ketones is 3. The summed E-state index contributed by atoms with van der Waals surface area (Å²) in [6.45, 7) is 11.3. The summed E-state index contributed by atoms with van der Waals surface area (Å²) in [5.41, 5.74) is 0.443. The molecule has 0 aromatic heterocycles. The molecule has 0 bridgehead atoms. The minimum atomic E-state index is -0.856. The Morgan fingerprint density at radius 2 is 1.90 bits per heavy atom. The molecule has 116 valence electrons. The molecule has 0 heterocycles. The number of carbonyl (C=O) groups excluding carboxylic acids is 3. The number of hydrogen-bond donors (Lipinski definition) is 0. The van der Waals surface area contributed by atoms with Crippen LogP contribution in [-0.2, 0) is 14.4 Å². The van der Waals surface area contributed by atoms with E-state index in [1.165, 1.54) is 0 Å². The van der Waals surface area contributed by atoms with Crippen molar-refractivity contribution in [2.45, 2.75) is 54.4 Å². The molecule has 0 aromatic rings. The Morgan fingerprint density at radius 3 is 2.38 bits per heavy atom. The Labute approximate surface area is 127 Å². The quantitative estimate of drug-likeness (QED) is 0.554. The van der Waals surface area contributed by atoms with Gasteiger partial charge < -0.3 is 0 Å². The molecule has 21 heavy (non-hydrogen) atoms. The van der Waals surface area contributed by atoms with Crippen molar-refractivity contribution in [3.63, 3.8) is 0 Å². The molecule has 2 atom stereocenters. The van der Waals surface area contributed by atoms with Crippen LogP contribution >= 0.6 is 0 Å². The van der Waals surface area contributed by atoms with Gasteiger partial charge in [0.05, 0.1) is 11.0 Å². The number of hydrogen-bond acceptors (Lipinski definition) is 3. The lowest BCUT2D eigenvalue weighted by Crippen LogP contribution is -2.32. The van der Waals surface area contributed by atoms with Crippen LogP contribution in [0, 0.1) is 17.3 Å². The highest BCUT2D eigenvalue weighted by molar-refractivity contribution is 6.24. The predicted molar refractivity (Wildman–Crippen MR) is 83.9 cm³/mol. The molecule has 0 aliphatic heterocycles. The molecule has 1 rings (SSSR count). The summed E-state index contributed by atoms with van der Waals surface area (Å²) < 4.78 is 0. The fourth-order valence-electron chi connectivity index (χ4n) is 2.54. The largest absolute Gasteiger partial charge is 0.298 e. The zero-order valence-corrected chi connectivity index (χ0v) is 13.9. The highest BCUT2D eigenvalue weighted by atomic mass is 16.2. The normalized spacial score (nSPS) is 25.0.